The number of anilines is 1. The zero-order valence-electron chi connectivity index (χ0n) is 9.40. The second-order valence-corrected chi connectivity index (χ2v) is 5.16. The lowest BCUT2D eigenvalue weighted by atomic mass is 10.3. The Bertz CT molecular complexity index is 697. The van der Waals surface area contributed by atoms with E-state index in [9.17, 15) is 8.42 Å². The fourth-order valence-electron chi connectivity index (χ4n) is 1.24. The van der Waals surface area contributed by atoms with E-state index in [1.54, 1.807) is 7.05 Å². The number of nitriles is 1. The Morgan fingerprint density at radius 1 is 1.39 bits per heavy atom. The Balaban J connectivity index is 2.25. The van der Waals surface area contributed by atoms with E-state index in [1.165, 1.54) is 35.4 Å². The predicted octanol–water partition coefficient (Wildman–Crippen LogP) is 0.488. The Labute approximate surface area is 104 Å². The Morgan fingerprint density at radius 3 is 2.67 bits per heavy atom. The van der Waals surface area contributed by atoms with Gasteiger partial charge in [-0.15, -0.1) is 0 Å². The van der Waals surface area contributed by atoms with Crippen molar-refractivity contribution < 1.29 is 8.42 Å². The number of aryl methyl sites for hydroxylation is 1. The first-order valence-electron chi connectivity index (χ1n) is 4.88. The van der Waals surface area contributed by atoms with Crippen LogP contribution in [0.25, 0.3) is 0 Å². The third kappa shape index (κ3) is 2.46. The van der Waals surface area contributed by atoms with Crippen molar-refractivity contribution in [2.45, 2.75) is 5.03 Å². The number of nitrogens with one attached hydrogen (secondary N) is 1. The van der Waals surface area contributed by atoms with Crippen LogP contribution in [0.15, 0.2) is 35.9 Å². The highest BCUT2D eigenvalue weighted by Gasteiger charge is 2.17. The molecule has 0 aromatic carbocycles. The molecule has 0 amide bonds. The number of imidazole rings is 1. The van der Waals surface area contributed by atoms with Gasteiger partial charge in [0.05, 0.1) is 11.9 Å². The molecule has 0 unspecified atom stereocenters. The summed E-state index contributed by atoms with van der Waals surface area (Å²) in [6, 6.07) is 4.79. The molecule has 8 heteroatoms. The Morgan fingerprint density at radius 2 is 2.17 bits per heavy atom. The van der Waals surface area contributed by atoms with Gasteiger partial charge >= 0.3 is 0 Å². The summed E-state index contributed by atoms with van der Waals surface area (Å²) in [5.74, 6) is 0.139. The SMILES string of the molecule is Cn1cnc(S(=O)(=O)Nc2ccc(C#N)cn2)c1. The molecule has 0 aliphatic carbocycles. The summed E-state index contributed by atoms with van der Waals surface area (Å²) in [7, 11) is -2.07. The van der Waals surface area contributed by atoms with Gasteiger partial charge in [-0.05, 0) is 12.1 Å². The average molecular weight is 263 g/mol. The first-order valence-corrected chi connectivity index (χ1v) is 6.36. The molecule has 0 atom stereocenters. The topological polar surface area (TPSA) is 101 Å². The Hall–Kier alpha value is -2.40. The minimum absolute atomic E-state index is 0.0869. The number of aromatic nitrogens is 3. The van der Waals surface area contributed by atoms with Crippen LogP contribution in [0.3, 0.4) is 0 Å². The molecule has 0 saturated heterocycles. The maximum absolute atomic E-state index is 11.9. The van der Waals surface area contributed by atoms with Gasteiger partial charge in [0.15, 0.2) is 5.03 Å². The molecule has 0 radical (unpaired) electrons. The molecule has 2 aromatic rings. The van der Waals surface area contributed by atoms with Crippen molar-refractivity contribution in [3.63, 3.8) is 0 Å². The van der Waals surface area contributed by atoms with Crippen molar-refractivity contribution in [3.05, 3.63) is 36.4 Å². The summed E-state index contributed by atoms with van der Waals surface area (Å²) in [5, 5.41) is 8.51. The molecule has 7 nitrogen and oxygen atoms in total. The first kappa shape index (κ1) is 12.1. The maximum Gasteiger partial charge on any atom is 0.282 e. The lowest BCUT2D eigenvalue weighted by Gasteiger charge is -2.04. The highest BCUT2D eigenvalue weighted by Crippen LogP contribution is 2.12. The molecule has 0 fully saturated rings. The second kappa shape index (κ2) is 4.46. The number of hydrogen-bond donors (Lipinski definition) is 1. The molecule has 92 valence electrons. The normalized spacial score (nSPS) is 10.9. The number of hydrogen-bond acceptors (Lipinski definition) is 5. The molecule has 0 saturated carbocycles. The molecule has 0 aliphatic heterocycles. The van der Waals surface area contributed by atoms with Crippen molar-refractivity contribution in [1.82, 2.24) is 14.5 Å². The molecule has 2 aromatic heterocycles. The van der Waals surface area contributed by atoms with E-state index in [0.29, 0.717) is 5.56 Å². The van der Waals surface area contributed by atoms with Gasteiger partial charge in [0, 0.05) is 19.4 Å². The van der Waals surface area contributed by atoms with E-state index in [2.05, 4.69) is 14.7 Å². The van der Waals surface area contributed by atoms with Crippen LogP contribution >= 0.6 is 0 Å². The highest BCUT2D eigenvalue weighted by atomic mass is 32.2. The molecule has 2 rings (SSSR count). The maximum atomic E-state index is 11.9. The predicted molar refractivity (Wildman–Crippen MR) is 63.0 cm³/mol. The van der Waals surface area contributed by atoms with Crippen molar-refractivity contribution in [2.75, 3.05) is 4.72 Å². The minimum Gasteiger partial charge on any atom is -0.339 e. The molecule has 2 heterocycles. The molecule has 18 heavy (non-hydrogen) atoms. The highest BCUT2D eigenvalue weighted by molar-refractivity contribution is 7.92. The first-order chi connectivity index (χ1) is 8.51. The van der Waals surface area contributed by atoms with Crippen LogP contribution in [0.1, 0.15) is 5.56 Å². The van der Waals surface area contributed by atoms with Gasteiger partial charge in [-0.1, -0.05) is 0 Å². The van der Waals surface area contributed by atoms with Crippen molar-refractivity contribution in [3.8, 4) is 6.07 Å². The van der Waals surface area contributed by atoms with Crippen LogP contribution in [-0.4, -0.2) is 23.0 Å². The van der Waals surface area contributed by atoms with Gasteiger partial charge in [-0.25, -0.2) is 9.97 Å². The van der Waals surface area contributed by atoms with Gasteiger partial charge in [-0.3, -0.25) is 4.72 Å². The van der Waals surface area contributed by atoms with E-state index < -0.39 is 10.0 Å². The lowest BCUT2D eigenvalue weighted by molar-refractivity contribution is 0.598. The van der Waals surface area contributed by atoms with Crippen molar-refractivity contribution in [1.29, 1.82) is 5.26 Å². The van der Waals surface area contributed by atoms with E-state index in [0.717, 1.165) is 0 Å². The number of rotatable bonds is 3. The smallest absolute Gasteiger partial charge is 0.282 e. The van der Waals surface area contributed by atoms with E-state index in [1.807, 2.05) is 6.07 Å². The zero-order valence-corrected chi connectivity index (χ0v) is 10.2. The molecular formula is C10H9N5O2S. The van der Waals surface area contributed by atoms with Crippen LogP contribution in [0.2, 0.25) is 0 Å². The van der Waals surface area contributed by atoms with Crippen LogP contribution < -0.4 is 4.72 Å². The lowest BCUT2D eigenvalue weighted by Crippen LogP contribution is -2.14. The van der Waals surface area contributed by atoms with Crippen molar-refractivity contribution in [2.24, 2.45) is 7.05 Å². The van der Waals surface area contributed by atoms with Gasteiger partial charge in [0.1, 0.15) is 11.9 Å². The van der Waals surface area contributed by atoms with Crippen LogP contribution in [0.4, 0.5) is 5.82 Å². The summed E-state index contributed by atoms with van der Waals surface area (Å²) in [6.07, 6.45) is 4.06. The second-order valence-electron chi connectivity index (χ2n) is 3.53. The molecule has 0 spiro atoms. The largest absolute Gasteiger partial charge is 0.339 e. The van der Waals surface area contributed by atoms with E-state index >= 15 is 0 Å². The third-order valence-electron chi connectivity index (χ3n) is 2.09. The minimum atomic E-state index is -3.74. The fourth-order valence-corrected chi connectivity index (χ4v) is 2.23. The molecule has 0 aliphatic rings. The molecule has 1 N–H and O–H groups in total. The van der Waals surface area contributed by atoms with E-state index in [4.69, 9.17) is 5.26 Å². The number of sulfonamides is 1. The molecule has 0 bridgehead atoms. The Kier molecular flexibility index (Phi) is 2.99. The van der Waals surface area contributed by atoms with Crippen LogP contribution in [0, 0.1) is 11.3 Å². The van der Waals surface area contributed by atoms with Crippen LogP contribution in [-0.2, 0) is 17.1 Å². The fraction of sp³-hybridized carbons (Fsp3) is 0.100. The van der Waals surface area contributed by atoms with Gasteiger partial charge < -0.3 is 4.57 Å². The monoisotopic (exact) mass is 263 g/mol. The van der Waals surface area contributed by atoms with E-state index in [-0.39, 0.29) is 10.8 Å². The zero-order chi connectivity index (χ0) is 13.2. The van der Waals surface area contributed by atoms with Crippen molar-refractivity contribution >= 4 is 15.8 Å². The van der Waals surface area contributed by atoms with Crippen LogP contribution in [0.5, 0.6) is 0 Å². The molecular weight excluding hydrogens is 254 g/mol. The summed E-state index contributed by atoms with van der Waals surface area (Å²) in [5.41, 5.74) is 0.357. The number of pyridine rings is 1. The quantitative estimate of drug-likeness (QED) is 0.868. The third-order valence-corrected chi connectivity index (χ3v) is 3.33. The summed E-state index contributed by atoms with van der Waals surface area (Å²) < 4.78 is 27.6. The summed E-state index contributed by atoms with van der Waals surface area (Å²) in [4.78, 5) is 7.57. The standard InChI is InChI=1S/C10H9N5O2S/c1-15-6-10(13-7-15)18(16,17)14-9-3-2-8(4-11)5-12-9/h2-3,5-7H,1H3,(H,12,14). The van der Waals surface area contributed by atoms with Gasteiger partial charge in [-0.2, -0.15) is 13.7 Å². The summed E-state index contributed by atoms with van der Waals surface area (Å²) in [6.45, 7) is 0. The van der Waals surface area contributed by atoms with Gasteiger partial charge in [0.25, 0.3) is 10.0 Å². The number of nitrogens with zero attached hydrogens (tertiary/aromatic N) is 4. The average Bonchev–Trinajstić information content (AvgIpc) is 2.77. The van der Waals surface area contributed by atoms with Gasteiger partial charge in [0.2, 0.25) is 0 Å². The summed E-state index contributed by atoms with van der Waals surface area (Å²) >= 11 is 0.